The second-order valence-corrected chi connectivity index (χ2v) is 7.97. The van der Waals surface area contributed by atoms with E-state index in [1.807, 2.05) is 43.3 Å². The number of amides is 1. The van der Waals surface area contributed by atoms with Gasteiger partial charge in [-0.1, -0.05) is 30.3 Å². The summed E-state index contributed by atoms with van der Waals surface area (Å²) >= 11 is 1.34. The third-order valence-electron chi connectivity index (χ3n) is 4.83. The summed E-state index contributed by atoms with van der Waals surface area (Å²) < 4.78 is 10.8. The Balaban J connectivity index is 1.68. The van der Waals surface area contributed by atoms with Crippen molar-refractivity contribution in [2.75, 3.05) is 38.2 Å². The van der Waals surface area contributed by atoms with Gasteiger partial charge in [0.2, 0.25) is 5.91 Å². The van der Waals surface area contributed by atoms with Crippen molar-refractivity contribution >= 4 is 28.9 Å². The molecule has 1 aliphatic rings. The molecular formula is C22H28N2O4S. The van der Waals surface area contributed by atoms with Gasteiger partial charge in [0, 0.05) is 24.6 Å². The van der Waals surface area contributed by atoms with E-state index in [4.69, 9.17) is 9.47 Å². The number of carbonyl (C=O) groups is 2. The summed E-state index contributed by atoms with van der Waals surface area (Å²) in [6.45, 7) is 6.77. The maximum Gasteiger partial charge on any atom is 0.350 e. The van der Waals surface area contributed by atoms with E-state index < -0.39 is 5.97 Å². The summed E-state index contributed by atoms with van der Waals surface area (Å²) in [5.41, 5.74) is 1.52. The molecule has 156 valence electrons. The molecular weight excluding hydrogens is 388 g/mol. The Kier molecular flexibility index (Phi) is 7.80. The van der Waals surface area contributed by atoms with Gasteiger partial charge < -0.3 is 14.8 Å². The predicted octanol–water partition coefficient (Wildman–Crippen LogP) is 4.03. The Morgan fingerprint density at radius 1 is 1.14 bits per heavy atom. The van der Waals surface area contributed by atoms with Crippen molar-refractivity contribution in [3.63, 3.8) is 0 Å². The predicted molar refractivity (Wildman–Crippen MR) is 115 cm³/mol. The molecule has 0 saturated carbocycles. The summed E-state index contributed by atoms with van der Waals surface area (Å²) in [4.78, 5) is 28.5. The monoisotopic (exact) mass is 416 g/mol. The maximum absolute atomic E-state index is 12.6. The van der Waals surface area contributed by atoms with Crippen molar-refractivity contribution in [3.05, 3.63) is 41.3 Å². The highest BCUT2D eigenvalue weighted by molar-refractivity contribution is 7.18. The molecule has 1 aliphatic heterocycles. The summed E-state index contributed by atoms with van der Waals surface area (Å²) in [6, 6.07) is 11.7. The number of ether oxygens (including phenoxy) is 2. The van der Waals surface area contributed by atoms with Gasteiger partial charge in [0.1, 0.15) is 4.88 Å². The lowest BCUT2D eigenvalue weighted by molar-refractivity contribution is -0.118. The zero-order valence-electron chi connectivity index (χ0n) is 17.0. The van der Waals surface area contributed by atoms with Crippen LogP contribution in [-0.2, 0) is 14.3 Å². The van der Waals surface area contributed by atoms with Crippen LogP contribution in [0.4, 0.5) is 5.69 Å². The van der Waals surface area contributed by atoms with Gasteiger partial charge in [-0.3, -0.25) is 9.69 Å². The molecule has 1 saturated heterocycles. The number of anilines is 1. The second kappa shape index (κ2) is 10.5. The number of hydrogen-bond donors (Lipinski definition) is 1. The standard InChI is InChI=1S/C22H28N2O4S/c1-3-27-17-10-12-24(13-11-17)15-20(25)23-18-14-19(16-8-6-5-7-9-16)29-21(18)22(26)28-4-2/h5-9,14,17H,3-4,10-13,15H2,1-2H3,(H,23,25). The number of hydrogen-bond acceptors (Lipinski definition) is 6. The van der Waals surface area contributed by atoms with Crippen LogP contribution in [0.2, 0.25) is 0 Å². The Morgan fingerprint density at radius 3 is 2.52 bits per heavy atom. The molecule has 0 unspecified atom stereocenters. The minimum Gasteiger partial charge on any atom is -0.462 e. The van der Waals surface area contributed by atoms with Crippen molar-refractivity contribution in [1.29, 1.82) is 0 Å². The van der Waals surface area contributed by atoms with E-state index in [1.54, 1.807) is 6.92 Å². The minimum atomic E-state index is -0.410. The minimum absolute atomic E-state index is 0.122. The lowest BCUT2D eigenvalue weighted by Crippen LogP contribution is -2.41. The number of rotatable bonds is 8. The molecule has 6 nitrogen and oxygen atoms in total. The number of likely N-dealkylation sites (tertiary alicyclic amines) is 1. The van der Waals surface area contributed by atoms with Gasteiger partial charge in [-0.15, -0.1) is 11.3 Å². The highest BCUT2D eigenvalue weighted by Gasteiger charge is 2.23. The van der Waals surface area contributed by atoms with Gasteiger partial charge in [-0.2, -0.15) is 0 Å². The molecule has 0 aliphatic carbocycles. The van der Waals surface area contributed by atoms with Gasteiger partial charge >= 0.3 is 5.97 Å². The molecule has 29 heavy (non-hydrogen) atoms. The van der Waals surface area contributed by atoms with E-state index in [0.29, 0.717) is 29.8 Å². The SMILES string of the molecule is CCOC(=O)c1sc(-c2ccccc2)cc1NC(=O)CN1CCC(OCC)CC1. The molecule has 0 spiro atoms. The molecule has 1 N–H and O–H groups in total. The topological polar surface area (TPSA) is 67.9 Å². The van der Waals surface area contributed by atoms with Gasteiger partial charge in [-0.25, -0.2) is 4.79 Å². The quantitative estimate of drug-likeness (QED) is 0.658. The fourth-order valence-corrected chi connectivity index (χ4v) is 4.45. The van der Waals surface area contributed by atoms with E-state index >= 15 is 0 Å². The number of benzene rings is 1. The van der Waals surface area contributed by atoms with Crippen LogP contribution in [0.15, 0.2) is 36.4 Å². The summed E-state index contributed by atoms with van der Waals surface area (Å²) in [7, 11) is 0. The van der Waals surface area contributed by atoms with E-state index in [-0.39, 0.29) is 5.91 Å². The van der Waals surface area contributed by atoms with Crippen LogP contribution in [0.3, 0.4) is 0 Å². The summed E-state index contributed by atoms with van der Waals surface area (Å²) in [5.74, 6) is -0.532. The van der Waals surface area contributed by atoms with Crippen molar-refractivity contribution < 1.29 is 19.1 Å². The van der Waals surface area contributed by atoms with E-state index in [1.165, 1.54) is 11.3 Å². The van der Waals surface area contributed by atoms with Crippen LogP contribution in [-0.4, -0.2) is 55.7 Å². The molecule has 1 fully saturated rings. The lowest BCUT2D eigenvalue weighted by Gasteiger charge is -2.31. The van der Waals surface area contributed by atoms with Crippen LogP contribution in [0.5, 0.6) is 0 Å². The van der Waals surface area contributed by atoms with E-state index in [9.17, 15) is 9.59 Å². The van der Waals surface area contributed by atoms with Crippen LogP contribution >= 0.6 is 11.3 Å². The molecule has 0 radical (unpaired) electrons. The maximum atomic E-state index is 12.6. The van der Waals surface area contributed by atoms with Gasteiger partial charge in [-0.05, 0) is 38.3 Å². The Labute approximate surface area is 175 Å². The fraction of sp³-hybridized carbons (Fsp3) is 0.455. The van der Waals surface area contributed by atoms with Crippen molar-refractivity contribution in [1.82, 2.24) is 4.90 Å². The summed E-state index contributed by atoms with van der Waals surface area (Å²) in [5, 5.41) is 2.92. The third-order valence-corrected chi connectivity index (χ3v) is 5.99. The smallest absolute Gasteiger partial charge is 0.350 e. The third kappa shape index (κ3) is 5.88. The highest BCUT2D eigenvalue weighted by atomic mass is 32.1. The number of nitrogens with one attached hydrogen (secondary N) is 1. The molecule has 1 aromatic carbocycles. The largest absolute Gasteiger partial charge is 0.462 e. The fourth-order valence-electron chi connectivity index (χ4n) is 3.44. The van der Waals surface area contributed by atoms with Crippen LogP contribution in [0.25, 0.3) is 10.4 Å². The number of carbonyl (C=O) groups excluding carboxylic acids is 2. The first kappa shape index (κ1) is 21.5. The van der Waals surface area contributed by atoms with Crippen molar-refractivity contribution in [3.8, 4) is 10.4 Å². The zero-order chi connectivity index (χ0) is 20.6. The Morgan fingerprint density at radius 2 is 1.86 bits per heavy atom. The molecule has 0 bridgehead atoms. The van der Waals surface area contributed by atoms with E-state index in [2.05, 4.69) is 10.2 Å². The van der Waals surface area contributed by atoms with Crippen molar-refractivity contribution in [2.24, 2.45) is 0 Å². The first-order valence-electron chi connectivity index (χ1n) is 10.1. The Bertz CT molecular complexity index is 813. The molecule has 2 aromatic rings. The van der Waals surface area contributed by atoms with E-state index in [0.717, 1.165) is 43.0 Å². The number of nitrogens with zero attached hydrogens (tertiary/aromatic N) is 1. The molecule has 3 rings (SSSR count). The average molecular weight is 417 g/mol. The number of thiophene rings is 1. The number of esters is 1. The van der Waals surface area contributed by atoms with Gasteiger partial charge in [0.15, 0.2) is 0 Å². The summed E-state index contributed by atoms with van der Waals surface area (Å²) in [6.07, 6.45) is 2.16. The molecule has 1 amide bonds. The molecule has 7 heteroatoms. The van der Waals surface area contributed by atoms with Crippen LogP contribution in [0, 0.1) is 0 Å². The Hall–Kier alpha value is -2.22. The van der Waals surface area contributed by atoms with Gasteiger partial charge in [0.25, 0.3) is 0 Å². The molecule has 1 aromatic heterocycles. The van der Waals surface area contributed by atoms with Crippen LogP contribution in [0.1, 0.15) is 36.4 Å². The highest BCUT2D eigenvalue weighted by Crippen LogP contribution is 2.35. The second-order valence-electron chi connectivity index (χ2n) is 6.92. The van der Waals surface area contributed by atoms with Crippen LogP contribution < -0.4 is 5.32 Å². The first-order chi connectivity index (χ1) is 14.1. The normalized spacial score (nSPS) is 15.2. The zero-order valence-corrected chi connectivity index (χ0v) is 17.8. The first-order valence-corrected chi connectivity index (χ1v) is 10.9. The van der Waals surface area contributed by atoms with Crippen molar-refractivity contribution in [2.45, 2.75) is 32.8 Å². The molecule has 2 heterocycles. The number of piperidine rings is 1. The average Bonchev–Trinajstić information content (AvgIpc) is 3.14. The lowest BCUT2D eigenvalue weighted by atomic mass is 10.1. The molecule has 0 atom stereocenters. The van der Waals surface area contributed by atoms with Gasteiger partial charge in [0.05, 0.1) is 24.9 Å².